The van der Waals surface area contributed by atoms with Gasteiger partial charge in [0.05, 0.1) is 6.10 Å². The summed E-state index contributed by atoms with van der Waals surface area (Å²) in [6.45, 7) is 0.856. The van der Waals surface area contributed by atoms with Gasteiger partial charge in [0.1, 0.15) is 6.04 Å². The first-order valence-corrected chi connectivity index (χ1v) is 7.67. The summed E-state index contributed by atoms with van der Waals surface area (Å²) in [5.74, 6) is 1.44. The fraction of sp³-hybridized carbons (Fsp3) is 0.500. The van der Waals surface area contributed by atoms with Crippen molar-refractivity contribution in [3.05, 3.63) is 41.5 Å². The second-order valence-corrected chi connectivity index (χ2v) is 5.80. The van der Waals surface area contributed by atoms with Crippen molar-refractivity contribution < 1.29 is 9.26 Å². The van der Waals surface area contributed by atoms with Crippen molar-refractivity contribution in [2.24, 2.45) is 0 Å². The van der Waals surface area contributed by atoms with Crippen LogP contribution in [0.1, 0.15) is 42.6 Å². The minimum absolute atomic E-state index is 0.0934. The van der Waals surface area contributed by atoms with Gasteiger partial charge in [0, 0.05) is 25.1 Å². The summed E-state index contributed by atoms with van der Waals surface area (Å²) >= 11 is 0. The molecule has 1 saturated heterocycles. The Kier molecular flexibility index (Phi) is 3.35. The Balaban J connectivity index is 1.43. The van der Waals surface area contributed by atoms with Crippen LogP contribution < -0.4 is 5.32 Å². The van der Waals surface area contributed by atoms with Crippen molar-refractivity contribution in [1.82, 2.24) is 10.1 Å². The maximum absolute atomic E-state index is 5.73. The molecule has 2 aromatic rings. The highest BCUT2D eigenvalue weighted by atomic mass is 16.5. The number of ether oxygens (including phenoxy) is 1. The van der Waals surface area contributed by atoms with Gasteiger partial charge in [-0.1, -0.05) is 23.4 Å². The lowest BCUT2D eigenvalue weighted by Gasteiger charge is -2.20. The van der Waals surface area contributed by atoms with Crippen LogP contribution in [0.25, 0.3) is 0 Å². The molecule has 2 atom stereocenters. The Bertz CT molecular complexity index is 594. The van der Waals surface area contributed by atoms with Gasteiger partial charge in [0.25, 0.3) is 0 Å². The number of anilines is 1. The van der Waals surface area contributed by atoms with Crippen LogP contribution in [0.2, 0.25) is 0 Å². The van der Waals surface area contributed by atoms with Crippen LogP contribution in [0, 0.1) is 0 Å². The standard InChI is InChI=1S/C16H19N3O2/c1-2-7-13-11(5-1)9-14(17-13)16-18-15(19-21-16)10-12-6-3-4-8-20-12/h1-2,5,7,12,14,17H,3-4,6,8-10H2/t12?,14-/m0/s1. The molecule has 110 valence electrons. The highest BCUT2D eigenvalue weighted by Crippen LogP contribution is 2.33. The number of para-hydroxylation sites is 1. The van der Waals surface area contributed by atoms with Gasteiger partial charge in [-0.2, -0.15) is 4.98 Å². The second kappa shape index (κ2) is 5.48. The number of rotatable bonds is 3. The molecule has 4 rings (SSSR count). The Morgan fingerprint density at radius 1 is 1.24 bits per heavy atom. The van der Waals surface area contributed by atoms with E-state index in [2.05, 4.69) is 33.7 Å². The third kappa shape index (κ3) is 2.65. The number of hydrogen-bond acceptors (Lipinski definition) is 5. The van der Waals surface area contributed by atoms with Gasteiger partial charge in [-0.05, 0) is 30.9 Å². The van der Waals surface area contributed by atoms with Crippen LogP contribution >= 0.6 is 0 Å². The van der Waals surface area contributed by atoms with E-state index in [9.17, 15) is 0 Å². The number of nitrogens with one attached hydrogen (secondary N) is 1. The third-order valence-corrected chi connectivity index (χ3v) is 4.24. The first kappa shape index (κ1) is 12.8. The van der Waals surface area contributed by atoms with Crippen molar-refractivity contribution in [3.63, 3.8) is 0 Å². The zero-order chi connectivity index (χ0) is 14.1. The summed E-state index contributed by atoms with van der Waals surface area (Å²) in [7, 11) is 0. The third-order valence-electron chi connectivity index (χ3n) is 4.24. The lowest BCUT2D eigenvalue weighted by Crippen LogP contribution is -2.21. The predicted octanol–water partition coefficient (Wildman–Crippen LogP) is 2.89. The van der Waals surface area contributed by atoms with E-state index in [0.717, 1.165) is 43.8 Å². The van der Waals surface area contributed by atoms with Crippen molar-refractivity contribution in [1.29, 1.82) is 0 Å². The molecule has 1 unspecified atom stereocenters. The lowest BCUT2D eigenvalue weighted by atomic mass is 10.1. The smallest absolute Gasteiger partial charge is 0.249 e. The summed E-state index contributed by atoms with van der Waals surface area (Å²) in [6, 6.07) is 8.41. The minimum Gasteiger partial charge on any atom is -0.378 e. The minimum atomic E-state index is 0.0934. The number of aromatic nitrogens is 2. The average Bonchev–Trinajstić information content (AvgIpc) is 3.14. The number of hydrogen-bond donors (Lipinski definition) is 1. The van der Waals surface area contributed by atoms with Gasteiger partial charge in [-0.15, -0.1) is 0 Å². The average molecular weight is 285 g/mol. The van der Waals surface area contributed by atoms with Gasteiger partial charge in [-0.3, -0.25) is 0 Å². The molecule has 0 radical (unpaired) electrons. The largest absolute Gasteiger partial charge is 0.378 e. The van der Waals surface area contributed by atoms with E-state index in [1.165, 1.54) is 12.0 Å². The second-order valence-electron chi connectivity index (χ2n) is 5.80. The van der Waals surface area contributed by atoms with E-state index >= 15 is 0 Å². The van der Waals surface area contributed by atoms with Crippen LogP contribution in [0.15, 0.2) is 28.8 Å². The van der Waals surface area contributed by atoms with Crippen molar-refractivity contribution in [2.45, 2.75) is 44.2 Å². The monoisotopic (exact) mass is 285 g/mol. The number of benzene rings is 1. The summed E-state index contributed by atoms with van der Waals surface area (Å²) in [5, 5.41) is 7.55. The Morgan fingerprint density at radius 3 is 3.05 bits per heavy atom. The van der Waals surface area contributed by atoms with Crippen LogP contribution in [-0.4, -0.2) is 22.9 Å². The van der Waals surface area contributed by atoms with Gasteiger partial charge in [-0.25, -0.2) is 0 Å². The molecule has 0 saturated carbocycles. The Hall–Kier alpha value is -1.88. The molecule has 0 bridgehead atoms. The van der Waals surface area contributed by atoms with Crippen molar-refractivity contribution in [3.8, 4) is 0 Å². The molecule has 2 aliphatic heterocycles. The predicted molar refractivity (Wildman–Crippen MR) is 78.1 cm³/mol. The Labute approximate surface area is 123 Å². The molecule has 3 heterocycles. The van der Waals surface area contributed by atoms with Gasteiger partial charge in [0.15, 0.2) is 5.82 Å². The molecular formula is C16H19N3O2. The quantitative estimate of drug-likeness (QED) is 0.939. The molecule has 1 N–H and O–H groups in total. The summed E-state index contributed by atoms with van der Waals surface area (Å²) in [6.07, 6.45) is 5.39. The van der Waals surface area contributed by atoms with E-state index in [-0.39, 0.29) is 12.1 Å². The fourth-order valence-corrected chi connectivity index (χ4v) is 3.11. The molecular weight excluding hydrogens is 266 g/mol. The van der Waals surface area contributed by atoms with E-state index in [0.29, 0.717) is 5.89 Å². The molecule has 0 aliphatic carbocycles. The van der Waals surface area contributed by atoms with Crippen molar-refractivity contribution >= 4 is 5.69 Å². The van der Waals surface area contributed by atoms with Crippen LogP contribution in [0.3, 0.4) is 0 Å². The van der Waals surface area contributed by atoms with E-state index in [4.69, 9.17) is 9.26 Å². The highest BCUT2D eigenvalue weighted by Gasteiger charge is 2.27. The van der Waals surface area contributed by atoms with Crippen LogP contribution in [0.5, 0.6) is 0 Å². The fourth-order valence-electron chi connectivity index (χ4n) is 3.11. The number of fused-ring (bicyclic) bond motifs is 1. The van der Waals surface area contributed by atoms with Gasteiger partial charge >= 0.3 is 0 Å². The lowest BCUT2D eigenvalue weighted by molar-refractivity contribution is 0.0153. The highest BCUT2D eigenvalue weighted by molar-refractivity contribution is 5.56. The molecule has 5 heteroatoms. The first-order chi connectivity index (χ1) is 10.4. The molecule has 5 nitrogen and oxygen atoms in total. The first-order valence-electron chi connectivity index (χ1n) is 7.67. The van der Waals surface area contributed by atoms with E-state index in [1.54, 1.807) is 0 Å². The molecule has 1 fully saturated rings. The van der Waals surface area contributed by atoms with E-state index in [1.807, 2.05) is 6.07 Å². The zero-order valence-corrected chi connectivity index (χ0v) is 11.9. The molecule has 1 aromatic carbocycles. The van der Waals surface area contributed by atoms with E-state index < -0.39 is 0 Å². The Morgan fingerprint density at radius 2 is 2.19 bits per heavy atom. The SMILES string of the molecule is c1ccc2c(c1)C[C@@H](c1nc(CC3CCCCO3)no1)N2. The molecule has 0 amide bonds. The maximum atomic E-state index is 5.73. The van der Waals surface area contributed by atoms with Crippen molar-refractivity contribution in [2.75, 3.05) is 11.9 Å². The topological polar surface area (TPSA) is 60.2 Å². The molecule has 0 spiro atoms. The summed E-state index contributed by atoms with van der Waals surface area (Å²) < 4.78 is 11.2. The summed E-state index contributed by atoms with van der Waals surface area (Å²) in [4.78, 5) is 4.55. The molecule has 1 aromatic heterocycles. The normalized spacial score (nSPS) is 24.6. The van der Waals surface area contributed by atoms with Gasteiger partial charge < -0.3 is 14.6 Å². The van der Waals surface area contributed by atoms with Gasteiger partial charge in [0.2, 0.25) is 5.89 Å². The summed E-state index contributed by atoms with van der Waals surface area (Å²) in [5.41, 5.74) is 2.47. The zero-order valence-electron chi connectivity index (χ0n) is 11.9. The maximum Gasteiger partial charge on any atom is 0.249 e. The molecule has 2 aliphatic rings. The molecule has 21 heavy (non-hydrogen) atoms. The van der Waals surface area contributed by atoms with Crippen LogP contribution in [0.4, 0.5) is 5.69 Å². The van der Waals surface area contributed by atoms with Crippen LogP contribution in [-0.2, 0) is 17.6 Å². The number of nitrogens with zero attached hydrogens (tertiary/aromatic N) is 2.